The second kappa shape index (κ2) is 15.8. The molecule has 6 rings (SSSR count). The van der Waals surface area contributed by atoms with E-state index in [9.17, 15) is 45.6 Å². The van der Waals surface area contributed by atoms with Crippen molar-refractivity contribution in [2.75, 3.05) is 6.54 Å². The molecule has 0 unspecified atom stereocenters. The van der Waals surface area contributed by atoms with Gasteiger partial charge in [-0.25, -0.2) is 35.9 Å². The molecule has 1 aliphatic carbocycles. The zero-order valence-electron chi connectivity index (χ0n) is 31.1. The summed E-state index contributed by atoms with van der Waals surface area (Å²) in [5.41, 5.74) is -1.79. The number of amides is 5. The number of carbonyl (C=O) groups excluding carboxylic acids is 5. The maximum Gasteiger partial charge on any atom is 0.410 e. The molecule has 302 valence electrons. The van der Waals surface area contributed by atoms with Crippen molar-refractivity contribution in [2.24, 2.45) is 5.92 Å². The number of carbonyl (C=O) groups is 5. The molecule has 0 aromatic heterocycles. The van der Waals surface area contributed by atoms with Gasteiger partial charge in [0.25, 0.3) is 15.9 Å². The molecule has 2 aromatic rings. The zero-order chi connectivity index (χ0) is 40.6. The lowest BCUT2D eigenvalue weighted by Crippen LogP contribution is -2.58. The van der Waals surface area contributed by atoms with E-state index in [-0.39, 0.29) is 38.9 Å². The van der Waals surface area contributed by atoms with Gasteiger partial charge in [0, 0.05) is 30.5 Å². The molecule has 0 spiro atoms. The largest absolute Gasteiger partial charge is 0.444 e. The van der Waals surface area contributed by atoms with Gasteiger partial charge in [-0.1, -0.05) is 37.1 Å². The molecule has 0 radical (unpaired) electrons. The molecule has 1 saturated carbocycles. The van der Waals surface area contributed by atoms with Gasteiger partial charge in [0.05, 0.1) is 13.1 Å². The van der Waals surface area contributed by atoms with Crippen molar-refractivity contribution in [1.29, 1.82) is 0 Å². The summed E-state index contributed by atoms with van der Waals surface area (Å²) < 4.78 is 81.8. The first kappa shape index (κ1) is 40.5. The number of ether oxygens (including phenoxy) is 2. The lowest BCUT2D eigenvalue weighted by Gasteiger charge is -2.30. The number of alkyl carbamates (subject to hydrolysis) is 1. The highest BCUT2D eigenvalue weighted by molar-refractivity contribution is 7.90. The number of rotatable bonds is 5. The predicted octanol–water partition coefficient (Wildman–Crippen LogP) is 4.32. The lowest BCUT2D eigenvalue weighted by atomic mass is 10.0. The maximum atomic E-state index is 14.5. The van der Waals surface area contributed by atoms with E-state index in [0.717, 1.165) is 11.0 Å². The van der Waals surface area contributed by atoms with Gasteiger partial charge in [-0.15, -0.1) is 0 Å². The van der Waals surface area contributed by atoms with Crippen LogP contribution < -0.4 is 15.4 Å². The molecule has 18 heteroatoms. The Balaban J connectivity index is 1.27. The minimum absolute atomic E-state index is 0.0452. The summed E-state index contributed by atoms with van der Waals surface area (Å²) in [6.07, 6.45) is 2.99. The fourth-order valence-electron chi connectivity index (χ4n) is 7.30. The van der Waals surface area contributed by atoms with Crippen LogP contribution in [0.2, 0.25) is 0 Å². The predicted molar refractivity (Wildman–Crippen MR) is 192 cm³/mol. The average molecular weight is 804 g/mol. The fourth-order valence-corrected chi connectivity index (χ4v) is 8.40. The van der Waals surface area contributed by atoms with Crippen molar-refractivity contribution < 1.29 is 55.0 Å². The summed E-state index contributed by atoms with van der Waals surface area (Å²) in [5, 5.41) is 5.26. The van der Waals surface area contributed by atoms with Crippen molar-refractivity contribution in [1.82, 2.24) is 25.2 Å². The quantitative estimate of drug-likeness (QED) is 0.371. The molecule has 3 aliphatic heterocycles. The Morgan fingerprint density at radius 3 is 2.48 bits per heavy atom. The van der Waals surface area contributed by atoms with Crippen LogP contribution in [0, 0.1) is 23.4 Å². The molecule has 2 aromatic carbocycles. The van der Waals surface area contributed by atoms with Crippen molar-refractivity contribution in [3.8, 4) is 0 Å². The summed E-state index contributed by atoms with van der Waals surface area (Å²) in [6, 6.07) is 3.71. The Kier molecular flexibility index (Phi) is 11.4. The van der Waals surface area contributed by atoms with E-state index in [0.29, 0.717) is 48.9 Å². The molecule has 14 nitrogen and oxygen atoms in total. The van der Waals surface area contributed by atoms with Crippen LogP contribution in [0.5, 0.6) is 0 Å². The van der Waals surface area contributed by atoms with E-state index in [1.165, 1.54) is 17.0 Å². The molecular formula is C38H44F3N5O9S. The molecular weight excluding hydrogens is 760 g/mol. The first-order valence-electron chi connectivity index (χ1n) is 18.4. The van der Waals surface area contributed by atoms with Gasteiger partial charge in [0.1, 0.15) is 51.7 Å². The zero-order valence-corrected chi connectivity index (χ0v) is 31.9. The van der Waals surface area contributed by atoms with Gasteiger partial charge >= 0.3 is 12.2 Å². The summed E-state index contributed by atoms with van der Waals surface area (Å²) in [4.78, 5) is 70.2. The number of halogens is 3. The monoisotopic (exact) mass is 803 g/mol. The van der Waals surface area contributed by atoms with Crippen LogP contribution in [0.3, 0.4) is 0 Å². The van der Waals surface area contributed by atoms with Gasteiger partial charge in [-0.3, -0.25) is 19.3 Å². The standard InChI is InChI=1S/C38H44F3N5O9S/c1-37(2,3)55-35(50)42-29-13-8-6-4-5-7-11-23-18-38(23,34(49)44-56(52,53)31-15-14-24(39)16-28(31)41)43-32(47)30-17-25(20-46(30)33(29)48)54-36(51)45-19-22-10-9-12-27(40)26(22)21-45/h7,9-12,14-16,23,25,29-30H,4-6,8,13,17-21H2,1-3H3,(H,42,50)(H,43,47)(H,44,49)/b11-7-/t23-,25+,29-,30-,38-/m0/s1. The maximum absolute atomic E-state index is 14.5. The second-order valence-electron chi connectivity index (χ2n) is 15.5. The number of nitrogens with zero attached hydrogens (tertiary/aromatic N) is 2. The third-order valence-electron chi connectivity index (χ3n) is 10.2. The highest BCUT2D eigenvalue weighted by Gasteiger charge is 2.62. The summed E-state index contributed by atoms with van der Waals surface area (Å²) in [7, 11) is -4.88. The Morgan fingerprint density at radius 2 is 1.77 bits per heavy atom. The van der Waals surface area contributed by atoms with Crippen molar-refractivity contribution >= 4 is 39.9 Å². The number of sulfonamides is 1. The molecule has 4 aliphatic rings. The minimum Gasteiger partial charge on any atom is -0.444 e. The average Bonchev–Trinajstić information content (AvgIpc) is 3.40. The van der Waals surface area contributed by atoms with E-state index >= 15 is 0 Å². The van der Waals surface area contributed by atoms with Crippen LogP contribution in [-0.2, 0) is 47.0 Å². The van der Waals surface area contributed by atoms with Gasteiger partial charge in [-0.2, -0.15) is 0 Å². The van der Waals surface area contributed by atoms with E-state index in [2.05, 4.69) is 10.6 Å². The molecule has 5 atom stereocenters. The van der Waals surface area contributed by atoms with Crippen LogP contribution in [0.4, 0.5) is 22.8 Å². The topological polar surface area (TPSA) is 181 Å². The second-order valence-corrected chi connectivity index (χ2v) is 17.2. The number of hydrogen-bond donors (Lipinski definition) is 3. The number of hydrogen-bond acceptors (Lipinski definition) is 9. The minimum atomic E-state index is -4.88. The van der Waals surface area contributed by atoms with Crippen LogP contribution in [-0.4, -0.2) is 84.0 Å². The van der Waals surface area contributed by atoms with Gasteiger partial charge in [0.2, 0.25) is 11.8 Å². The van der Waals surface area contributed by atoms with Crippen molar-refractivity contribution in [3.05, 3.63) is 77.1 Å². The van der Waals surface area contributed by atoms with E-state index in [1.54, 1.807) is 39.0 Å². The van der Waals surface area contributed by atoms with Crippen LogP contribution in [0.15, 0.2) is 53.4 Å². The Hall–Kier alpha value is -5.13. The summed E-state index contributed by atoms with van der Waals surface area (Å²) in [5.74, 6) is -6.37. The highest BCUT2D eigenvalue weighted by Crippen LogP contribution is 2.46. The first-order chi connectivity index (χ1) is 26.4. The van der Waals surface area contributed by atoms with Crippen molar-refractivity contribution in [2.45, 2.75) is 113 Å². The number of fused-ring (bicyclic) bond motifs is 3. The normalized spacial score (nSPS) is 26.0. The molecule has 5 amide bonds. The third-order valence-corrected chi connectivity index (χ3v) is 11.6. The van der Waals surface area contributed by atoms with Gasteiger partial charge in [-0.05, 0) is 70.2 Å². The van der Waals surface area contributed by atoms with Crippen LogP contribution >= 0.6 is 0 Å². The number of allylic oxidation sites excluding steroid dienone is 1. The van der Waals surface area contributed by atoms with Gasteiger partial charge in [0.15, 0.2) is 0 Å². The van der Waals surface area contributed by atoms with Crippen molar-refractivity contribution in [3.63, 3.8) is 0 Å². The van der Waals surface area contributed by atoms with E-state index < -0.39 is 97.5 Å². The third kappa shape index (κ3) is 8.95. The molecule has 1 saturated heterocycles. The molecule has 3 heterocycles. The highest BCUT2D eigenvalue weighted by atomic mass is 32.2. The number of nitrogens with one attached hydrogen (secondary N) is 3. The summed E-state index contributed by atoms with van der Waals surface area (Å²) >= 11 is 0. The van der Waals surface area contributed by atoms with Crippen LogP contribution in [0.25, 0.3) is 0 Å². The van der Waals surface area contributed by atoms with Gasteiger partial charge < -0.3 is 25.0 Å². The van der Waals surface area contributed by atoms with Crippen LogP contribution in [0.1, 0.15) is 76.8 Å². The lowest BCUT2D eigenvalue weighted by molar-refractivity contribution is -0.141. The number of benzene rings is 2. The SMILES string of the molecule is CC(C)(C)OC(=O)N[C@H]1CCCCC/C=C\[C@H]2C[C@]2(C(=O)NS(=O)(=O)c2ccc(F)cc2F)NC(=O)[C@@H]2C[C@@H](OC(=O)N3Cc4cccc(F)c4C3)CN2C1=O. The summed E-state index contributed by atoms with van der Waals surface area (Å²) in [6.45, 7) is 4.70. The fraction of sp³-hybridized carbons (Fsp3) is 0.500. The Labute approximate surface area is 322 Å². The molecule has 3 N–H and O–H groups in total. The smallest absolute Gasteiger partial charge is 0.410 e. The molecule has 56 heavy (non-hydrogen) atoms. The first-order valence-corrected chi connectivity index (χ1v) is 19.9. The molecule has 0 bridgehead atoms. The molecule has 2 fully saturated rings. The van der Waals surface area contributed by atoms with E-state index in [1.807, 2.05) is 4.72 Å². The Bertz CT molecular complexity index is 2060. The van der Waals surface area contributed by atoms with E-state index in [4.69, 9.17) is 9.47 Å². The Morgan fingerprint density at radius 1 is 1.00 bits per heavy atom.